The van der Waals surface area contributed by atoms with E-state index in [1.807, 2.05) is 0 Å². The van der Waals surface area contributed by atoms with Gasteiger partial charge >= 0.3 is 0 Å². The molecule has 0 rings (SSSR count). The minimum absolute atomic E-state index is 0.842. The van der Waals surface area contributed by atoms with E-state index in [9.17, 15) is 0 Å². The van der Waals surface area contributed by atoms with Crippen LogP contribution in [0.4, 0.5) is 0 Å². The van der Waals surface area contributed by atoms with Gasteiger partial charge in [-0.2, -0.15) is 0 Å². The molecule has 0 aliphatic rings. The summed E-state index contributed by atoms with van der Waals surface area (Å²) >= 11 is 0. The molecule has 0 saturated carbocycles. The van der Waals surface area contributed by atoms with E-state index < -0.39 is 0 Å². The summed E-state index contributed by atoms with van der Waals surface area (Å²) in [6.45, 7) is 29.5. The molecule has 0 aromatic heterocycles. The van der Waals surface area contributed by atoms with E-state index in [1.54, 1.807) is 0 Å². The molecule has 0 bridgehead atoms. The first-order valence-electron chi connectivity index (χ1n) is 15.3. The second-order valence-corrected chi connectivity index (χ2v) is 14.3. The summed E-state index contributed by atoms with van der Waals surface area (Å²) in [6.07, 6.45) is 15.5. The Kier molecular flexibility index (Phi) is 18.3. The zero-order valence-corrected chi connectivity index (χ0v) is 25.6. The molecule has 33 heavy (non-hydrogen) atoms. The third-order valence-electron chi connectivity index (χ3n) is 8.09. The highest BCUT2D eigenvalue weighted by atomic mass is 14.3. The molecule has 0 saturated heterocycles. The van der Waals surface area contributed by atoms with Crippen LogP contribution in [-0.4, -0.2) is 0 Å². The highest BCUT2D eigenvalue weighted by Crippen LogP contribution is 2.32. The molecule has 0 heteroatoms. The summed E-state index contributed by atoms with van der Waals surface area (Å²) in [7, 11) is 0. The predicted molar refractivity (Wildman–Crippen MR) is 154 cm³/mol. The Morgan fingerprint density at radius 3 is 0.727 bits per heavy atom. The Morgan fingerprint density at radius 2 is 0.515 bits per heavy atom. The van der Waals surface area contributed by atoms with Crippen LogP contribution in [0.1, 0.15) is 154 Å². The van der Waals surface area contributed by atoms with Crippen molar-refractivity contribution in [1.29, 1.82) is 0 Å². The lowest BCUT2D eigenvalue weighted by atomic mass is 9.79. The fraction of sp³-hybridized carbons (Fsp3) is 1.00. The van der Waals surface area contributed by atoms with Gasteiger partial charge in [0.05, 0.1) is 0 Å². The summed E-state index contributed by atoms with van der Waals surface area (Å²) < 4.78 is 0. The molecule has 0 aromatic rings. The Labute approximate surface area is 212 Å². The van der Waals surface area contributed by atoms with Crippen LogP contribution in [0, 0.1) is 59.2 Å². The number of rotatable bonds is 20. The van der Waals surface area contributed by atoms with Crippen molar-refractivity contribution >= 4 is 0 Å². The van der Waals surface area contributed by atoms with Gasteiger partial charge in [-0.15, -0.1) is 0 Å². The van der Waals surface area contributed by atoms with Crippen LogP contribution in [0.3, 0.4) is 0 Å². The van der Waals surface area contributed by atoms with Gasteiger partial charge in [0.15, 0.2) is 0 Å². The maximum Gasteiger partial charge on any atom is -0.0438 e. The van der Waals surface area contributed by atoms with Crippen molar-refractivity contribution in [1.82, 2.24) is 0 Å². The molecule has 0 aliphatic heterocycles. The summed E-state index contributed by atoms with van der Waals surface area (Å²) in [4.78, 5) is 0. The van der Waals surface area contributed by atoms with E-state index in [0.717, 1.165) is 59.2 Å². The van der Waals surface area contributed by atoms with Crippen LogP contribution in [0.15, 0.2) is 0 Å². The van der Waals surface area contributed by atoms with E-state index in [2.05, 4.69) is 83.1 Å². The smallest absolute Gasteiger partial charge is 0.0438 e. The van der Waals surface area contributed by atoms with Gasteiger partial charge in [-0.1, -0.05) is 95.9 Å². The summed E-state index contributed by atoms with van der Waals surface area (Å²) in [5.74, 6) is 8.80. The molecular formula is C33H68. The zero-order chi connectivity index (χ0) is 25.6. The summed E-state index contributed by atoms with van der Waals surface area (Å²) in [6, 6.07) is 0. The molecule has 0 N–H and O–H groups in total. The van der Waals surface area contributed by atoms with E-state index in [0.29, 0.717) is 0 Å². The first-order chi connectivity index (χ1) is 15.3. The standard InChI is InChI=1S/C33H68/c1-13-14-25(4)16-27(6)18-29(8)20-31(10)22-33(12)23-32(11)21-30(9)19-28(7)17-26(5)15-24(2)3/h24-33H,13-23H2,1-12H3. The van der Waals surface area contributed by atoms with Gasteiger partial charge in [0, 0.05) is 0 Å². The van der Waals surface area contributed by atoms with E-state index in [-0.39, 0.29) is 0 Å². The highest BCUT2D eigenvalue weighted by molar-refractivity contribution is 4.71. The minimum Gasteiger partial charge on any atom is -0.0654 e. The van der Waals surface area contributed by atoms with E-state index in [1.165, 1.54) is 70.6 Å². The van der Waals surface area contributed by atoms with Crippen molar-refractivity contribution in [3.8, 4) is 0 Å². The molecule has 9 unspecified atom stereocenters. The second kappa shape index (κ2) is 18.3. The van der Waals surface area contributed by atoms with Crippen molar-refractivity contribution < 1.29 is 0 Å². The van der Waals surface area contributed by atoms with Gasteiger partial charge in [-0.25, -0.2) is 0 Å². The SMILES string of the molecule is CCCC(C)CC(C)CC(C)CC(C)CC(C)CC(C)CC(C)CC(C)CC(C)CC(C)C. The largest absolute Gasteiger partial charge is 0.0654 e. The van der Waals surface area contributed by atoms with Crippen LogP contribution in [-0.2, 0) is 0 Å². The monoisotopic (exact) mass is 465 g/mol. The van der Waals surface area contributed by atoms with Gasteiger partial charge in [0.25, 0.3) is 0 Å². The molecule has 9 atom stereocenters. The van der Waals surface area contributed by atoms with E-state index >= 15 is 0 Å². The molecule has 0 amide bonds. The Morgan fingerprint density at radius 1 is 0.303 bits per heavy atom. The van der Waals surface area contributed by atoms with Gasteiger partial charge in [-0.3, -0.25) is 0 Å². The third kappa shape index (κ3) is 18.9. The number of hydrogen-bond donors (Lipinski definition) is 0. The topological polar surface area (TPSA) is 0 Å². The third-order valence-corrected chi connectivity index (χ3v) is 8.09. The first-order valence-corrected chi connectivity index (χ1v) is 15.3. The van der Waals surface area contributed by atoms with Crippen molar-refractivity contribution in [2.45, 2.75) is 154 Å². The maximum atomic E-state index is 2.52. The van der Waals surface area contributed by atoms with Crippen LogP contribution >= 0.6 is 0 Å². The van der Waals surface area contributed by atoms with Crippen molar-refractivity contribution in [3.63, 3.8) is 0 Å². The maximum absolute atomic E-state index is 2.52. The highest BCUT2D eigenvalue weighted by Gasteiger charge is 2.19. The molecular weight excluding hydrogens is 396 g/mol. The molecule has 0 radical (unpaired) electrons. The first kappa shape index (κ1) is 33.0. The molecule has 200 valence electrons. The average Bonchev–Trinajstić information content (AvgIpc) is 2.59. The molecule has 0 aromatic carbocycles. The van der Waals surface area contributed by atoms with Crippen LogP contribution < -0.4 is 0 Å². The average molecular weight is 465 g/mol. The molecule has 0 fully saturated rings. The fourth-order valence-electron chi connectivity index (χ4n) is 7.68. The van der Waals surface area contributed by atoms with Gasteiger partial charge in [0.2, 0.25) is 0 Å². The Balaban J connectivity index is 4.19. The molecule has 0 spiro atoms. The quantitative estimate of drug-likeness (QED) is 0.168. The van der Waals surface area contributed by atoms with Crippen LogP contribution in [0.5, 0.6) is 0 Å². The van der Waals surface area contributed by atoms with Crippen LogP contribution in [0.2, 0.25) is 0 Å². The van der Waals surface area contributed by atoms with Crippen molar-refractivity contribution in [3.05, 3.63) is 0 Å². The number of hydrogen-bond acceptors (Lipinski definition) is 0. The predicted octanol–water partition coefficient (Wildman–Crippen LogP) is 11.7. The minimum atomic E-state index is 0.842. The van der Waals surface area contributed by atoms with Gasteiger partial charge in [-0.05, 0) is 117 Å². The Hall–Kier alpha value is 0. The van der Waals surface area contributed by atoms with Crippen molar-refractivity contribution in [2.75, 3.05) is 0 Å². The second-order valence-electron chi connectivity index (χ2n) is 14.3. The van der Waals surface area contributed by atoms with Gasteiger partial charge in [0.1, 0.15) is 0 Å². The van der Waals surface area contributed by atoms with Crippen molar-refractivity contribution in [2.24, 2.45) is 59.2 Å². The lowest BCUT2D eigenvalue weighted by Crippen LogP contribution is -2.15. The normalized spacial score (nSPS) is 20.6. The summed E-state index contributed by atoms with van der Waals surface area (Å²) in [5.41, 5.74) is 0. The lowest BCUT2D eigenvalue weighted by Gasteiger charge is -2.27. The fourth-order valence-corrected chi connectivity index (χ4v) is 7.68. The molecule has 0 heterocycles. The molecule has 0 aliphatic carbocycles. The van der Waals surface area contributed by atoms with E-state index in [4.69, 9.17) is 0 Å². The molecule has 0 nitrogen and oxygen atoms in total. The van der Waals surface area contributed by atoms with Gasteiger partial charge < -0.3 is 0 Å². The van der Waals surface area contributed by atoms with Crippen LogP contribution in [0.25, 0.3) is 0 Å². The zero-order valence-electron chi connectivity index (χ0n) is 25.6. The Bertz CT molecular complexity index is 437. The summed E-state index contributed by atoms with van der Waals surface area (Å²) in [5, 5.41) is 0. The lowest BCUT2D eigenvalue weighted by molar-refractivity contribution is 0.250.